The minimum absolute atomic E-state index is 0.141. The van der Waals surface area contributed by atoms with E-state index in [4.69, 9.17) is 10.5 Å². The van der Waals surface area contributed by atoms with Crippen LogP contribution in [0.5, 0.6) is 5.75 Å². The average Bonchev–Trinajstić information content (AvgIpc) is 2.46. The van der Waals surface area contributed by atoms with E-state index < -0.39 is 0 Å². The van der Waals surface area contributed by atoms with Gasteiger partial charge in [-0.05, 0) is 36.8 Å². The Bertz CT molecular complexity index is 569. The molecule has 4 heteroatoms. The van der Waals surface area contributed by atoms with E-state index in [1.165, 1.54) is 18.7 Å². The van der Waals surface area contributed by atoms with E-state index in [1.54, 1.807) is 6.07 Å². The van der Waals surface area contributed by atoms with Gasteiger partial charge in [-0.15, -0.1) is 0 Å². The molecule has 0 saturated heterocycles. The molecule has 0 heterocycles. The Balaban J connectivity index is 2.19. The minimum atomic E-state index is -0.380. The second-order valence-corrected chi connectivity index (χ2v) is 4.69. The molecule has 0 aliphatic carbocycles. The zero-order chi connectivity index (χ0) is 14.5. The summed E-state index contributed by atoms with van der Waals surface area (Å²) >= 11 is 0. The van der Waals surface area contributed by atoms with Crippen molar-refractivity contribution < 1.29 is 9.13 Å². The van der Waals surface area contributed by atoms with Crippen molar-refractivity contribution in [2.24, 2.45) is 5.73 Å². The number of methoxy groups -OCH3 is 1. The van der Waals surface area contributed by atoms with Crippen molar-refractivity contribution in [3.05, 3.63) is 59.4 Å². The summed E-state index contributed by atoms with van der Waals surface area (Å²) in [6, 6.07) is 12.8. The van der Waals surface area contributed by atoms with Crippen molar-refractivity contribution in [3.63, 3.8) is 0 Å². The topological polar surface area (TPSA) is 47.3 Å². The molecule has 106 valence electrons. The summed E-state index contributed by atoms with van der Waals surface area (Å²) in [6.45, 7) is 2.41. The number of anilines is 1. The molecule has 3 N–H and O–H groups in total. The zero-order valence-electron chi connectivity index (χ0n) is 11.7. The number of halogens is 1. The number of rotatable bonds is 5. The number of aryl methyl sites for hydroxylation is 1. The van der Waals surface area contributed by atoms with Crippen LogP contribution < -0.4 is 15.8 Å². The first-order valence-corrected chi connectivity index (χ1v) is 6.50. The van der Waals surface area contributed by atoms with Crippen LogP contribution in [-0.2, 0) is 0 Å². The van der Waals surface area contributed by atoms with E-state index in [2.05, 4.69) is 5.32 Å². The van der Waals surface area contributed by atoms with Crippen LogP contribution in [-0.4, -0.2) is 13.7 Å². The molecule has 3 nitrogen and oxygen atoms in total. The van der Waals surface area contributed by atoms with E-state index >= 15 is 0 Å². The molecule has 0 fully saturated rings. The number of benzene rings is 2. The molecule has 0 saturated carbocycles. The van der Waals surface area contributed by atoms with Gasteiger partial charge < -0.3 is 15.8 Å². The number of hydrogen-bond acceptors (Lipinski definition) is 3. The predicted octanol–water partition coefficient (Wildman–Crippen LogP) is 3.25. The Hall–Kier alpha value is -2.07. The van der Waals surface area contributed by atoms with Crippen molar-refractivity contribution in [3.8, 4) is 5.75 Å². The first-order chi connectivity index (χ1) is 9.63. The molecule has 2 aromatic carbocycles. The lowest BCUT2D eigenvalue weighted by molar-refractivity contribution is 0.386. The molecule has 1 atom stereocenters. The second-order valence-electron chi connectivity index (χ2n) is 4.69. The number of nitrogens with one attached hydrogen (secondary N) is 1. The van der Waals surface area contributed by atoms with E-state index in [0.29, 0.717) is 6.54 Å². The fraction of sp³-hybridized carbons (Fsp3) is 0.250. The fourth-order valence-corrected chi connectivity index (χ4v) is 2.03. The van der Waals surface area contributed by atoms with Gasteiger partial charge in [0.05, 0.1) is 13.2 Å². The third-order valence-electron chi connectivity index (χ3n) is 3.21. The molecular weight excluding hydrogens is 255 g/mol. The maximum absolute atomic E-state index is 13.7. The van der Waals surface area contributed by atoms with Crippen LogP contribution in [0.25, 0.3) is 0 Å². The van der Waals surface area contributed by atoms with Crippen molar-refractivity contribution in [2.45, 2.75) is 13.0 Å². The van der Waals surface area contributed by atoms with E-state index in [9.17, 15) is 4.39 Å². The smallest absolute Gasteiger partial charge is 0.165 e. The van der Waals surface area contributed by atoms with E-state index in [0.717, 1.165) is 11.3 Å². The van der Waals surface area contributed by atoms with Crippen LogP contribution in [0, 0.1) is 12.7 Å². The van der Waals surface area contributed by atoms with Gasteiger partial charge in [-0.1, -0.05) is 23.8 Å². The molecule has 0 radical (unpaired) electrons. The molecule has 0 spiro atoms. The largest absolute Gasteiger partial charge is 0.494 e. The van der Waals surface area contributed by atoms with Gasteiger partial charge >= 0.3 is 0 Å². The summed E-state index contributed by atoms with van der Waals surface area (Å²) in [5.41, 5.74) is 8.74. The maximum Gasteiger partial charge on any atom is 0.165 e. The van der Waals surface area contributed by atoms with Crippen LogP contribution in [0.15, 0.2) is 42.5 Å². The van der Waals surface area contributed by atoms with Crippen LogP contribution >= 0.6 is 0 Å². The van der Waals surface area contributed by atoms with Crippen molar-refractivity contribution in [2.75, 3.05) is 19.0 Å². The second kappa shape index (κ2) is 6.39. The van der Waals surface area contributed by atoms with Gasteiger partial charge in [0.1, 0.15) is 0 Å². The Kier molecular flexibility index (Phi) is 4.58. The summed E-state index contributed by atoms with van der Waals surface area (Å²) in [7, 11) is 1.45. The molecule has 0 bridgehead atoms. The van der Waals surface area contributed by atoms with E-state index in [-0.39, 0.29) is 17.6 Å². The maximum atomic E-state index is 13.7. The third-order valence-corrected chi connectivity index (χ3v) is 3.21. The highest BCUT2D eigenvalue weighted by Crippen LogP contribution is 2.24. The van der Waals surface area contributed by atoms with Crippen LogP contribution in [0.1, 0.15) is 17.2 Å². The molecule has 2 rings (SSSR count). The Morgan fingerprint density at radius 3 is 2.45 bits per heavy atom. The van der Waals surface area contributed by atoms with Gasteiger partial charge in [-0.25, -0.2) is 4.39 Å². The highest BCUT2D eigenvalue weighted by Gasteiger charge is 2.12. The fourth-order valence-electron chi connectivity index (χ4n) is 2.03. The summed E-state index contributed by atoms with van der Waals surface area (Å²) in [5, 5.41) is 3.30. The van der Waals surface area contributed by atoms with Gasteiger partial charge in [-0.3, -0.25) is 0 Å². The lowest BCUT2D eigenvalue weighted by Gasteiger charge is -2.19. The Morgan fingerprint density at radius 1 is 1.20 bits per heavy atom. The highest BCUT2D eigenvalue weighted by molar-refractivity contribution is 5.47. The van der Waals surface area contributed by atoms with Gasteiger partial charge in [0.25, 0.3) is 0 Å². The molecular formula is C16H19FN2O. The molecule has 0 aromatic heterocycles. The van der Waals surface area contributed by atoms with Gasteiger partial charge in [-0.2, -0.15) is 0 Å². The third kappa shape index (κ3) is 3.27. The molecule has 0 amide bonds. The molecule has 0 aliphatic rings. The SMILES string of the molecule is COc1ccc(C(CN)Nc2ccc(C)cc2)cc1F. The molecule has 20 heavy (non-hydrogen) atoms. The van der Waals surface area contributed by atoms with Crippen LogP contribution in [0.2, 0.25) is 0 Å². The molecule has 0 aliphatic heterocycles. The minimum Gasteiger partial charge on any atom is -0.494 e. The number of nitrogens with two attached hydrogens (primary N) is 1. The summed E-state index contributed by atoms with van der Waals surface area (Å²) in [6.07, 6.45) is 0. The number of hydrogen-bond donors (Lipinski definition) is 2. The summed E-state index contributed by atoms with van der Waals surface area (Å²) < 4.78 is 18.7. The average molecular weight is 274 g/mol. The van der Waals surface area contributed by atoms with E-state index in [1.807, 2.05) is 37.3 Å². The van der Waals surface area contributed by atoms with Crippen LogP contribution in [0.3, 0.4) is 0 Å². The van der Waals surface area contributed by atoms with Crippen molar-refractivity contribution >= 4 is 5.69 Å². The zero-order valence-corrected chi connectivity index (χ0v) is 11.7. The lowest BCUT2D eigenvalue weighted by atomic mass is 10.1. The Labute approximate surface area is 118 Å². The van der Waals surface area contributed by atoms with Crippen LogP contribution in [0.4, 0.5) is 10.1 Å². The molecule has 2 aromatic rings. The monoisotopic (exact) mass is 274 g/mol. The van der Waals surface area contributed by atoms with Crippen molar-refractivity contribution in [1.82, 2.24) is 0 Å². The standard InChI is InChI=1S/C16H19FN2O/c1-11-3-6-13(7-4-11)19-15(10-18)12-5-8-16(20-2)14(17)9-12/h3-9,15,19H,10,18H2,1-2H3. The highest BCUT2D eigenvalue weighted by atomic mass is 19.1. The summed E-state index contributed by atoms with van der Waals surface area (Å²) in [4.78, 5) is 0. The first-order valence-electron chi connectivity index (χ1n) is 6.50. The van der Waals surface area contributed by atoms with Gasteiger partial charge in [0, 0.05) is 12.2 Å². The number of ether oxygens (including phenoxy) is 1. The van der Waals surface area contributed by atoms with Gasteiger partial charge in [0.15, 0.2) is 11.6 Å². The first kappa shape index (κ1) is 14.3. The Morgan fingerprint density at radius 2 is 1.90 bits per heavy atom. The molecule has 1 unspecified atom stereocenters. The normalized spacial score (nSPS) is 12.0. The predicted molar refractivity (Wildman–Crippen MR) is 79.5 cm³/mol. The van der Waals surface area contributed by atoms with Crippen molar-refractivity contribution in [1.29, 1.82) is 0 Å². The quantitative estimate of drug-likeness (QED) is 0.879. The lowest BCUT2D eigenvalue weighted by Crippen LogP contribution is -2.20. The van der Waals surface area contributed by atoms with Gasteiger partial charge in [0.2, 0.25) is 0 Å². The summed E-state index contributed by atoms with van der Waals surface area (Å²) in [5.74, 6) is -0.144.